The molecule has 230 valence electrons. The lowest BCUT2D eigenvalue weighted by molar-refractivity contribution is 0.0686. The van der Waals surface area contributed by atoms with Crippen molar-refractivity contribution in [3.05, 3.63) is 129 Å². The summed E-state index contributed by atoms with van der Waals surface area (Å²) in [6.45, 7) is 0. The summed E-state index contributed by atoms with van der Waals surface area (Å²) in [6.07, 6.45) is 2.56. The fourth-order valence-electron chi connectivity index (χ4n) is 4.05. The summed E-state index contributed by atoms with van der Waals surface area (Å²) in [4.78, 5) is 47.6. The van der Waals surface area contributed by atoms with Crippen LogP contribution in [0.15, 0.2) is 104 Å². The number of rotatable bonds is 10. The highest BCUT2D eigenvalue weighted by Crippen LogP contribution is 2.28. The topological polar surface area (TPSA) is 184 Å². The number of carbonyl (C=O) groups is 4. The summed E-state index contributed by atoms with van der Waals surface area (Å²) < 4.78 is 11.3. The Balaban J connectivity index is 1.13. The Bertz CT molecular complexity index is 1880. The molecule has 2 heterocycles. The number of furan rings is 2. The molecule has 0 aliphatic carbocycles. The van der Waals surface area contributed by atoms with E-state index in [-0.39, 0.29) is 32.3 Å². The average Bonchev–Trinajstić information content (AvgIpc) is 3.71. The van der Waals surface area contributed by atoms with Crippen molar-refractivity contribution in [2.75, 3.05) is 0 Å². The van der Waals surface area contributed by atoms with Gasteiger partial charge in [0.2, 0.25) is 0 Å². The van der Waals surface area contributed by atoms with Gasteiger partial charge in [-0.05, 0) is 84.9 Å². The Morgan fingerprint density at radius 2 is 0.978 bits per heavy atom. The van der Waals surface area contributed by atoms with Crippen molar-refractivity contribution < 1.29 is 38.2 Å². The predicted molar refractivity (Wildman–Crippen MR) is 169 cm³/mol. The molecule has 0 saturated heterocycles. The maximum Gasteiger partial charge on any atom is 0.337 e. The van der Waals surface area contributed by atoms with Crippen LogP contribution in [-0.2, 0) is 0 Å². The Morgan fingerprint density at radius 1 is 0.587 bits per heavy atom. The highest BCUT2D eigenvalue weighted by atomic mass is 35.5. The number of carbonyl (C=O) groups excluding carboxylic acids is 2. The normalized spacial score (nSPS) is 11.2. The second kappa shape index (κ2) is 13.8. The second-order valence-corrected chi connectivity index (χ2v) is 10.2. The molecule has 2 aromatic heterocycles. The lowest BCUT2D eigenvalue weighted by Gasteiger charge is -2.03. The molecule has 0 radical (unpaired) electrons. The minimum atomic E-state index is -1.17. The Labute approximate surface area is 269 Å². The van der Waals surface area contributed by atoms with Crippen LogP contribution in [0, 0.1) is 0 Å². The first-order valence-corrected chi connectivity index (χ1v) is 13.9. The van der Waals surface area contributed by atoms with Crippen LogP contribution in [0.2, 0.25) is 10.0 Å². The van der Waals surface area contributed by atoms with Crippen molar-refractivity contribution in [1.29, 1.82) is 0 Å². The lowest BCUT2D eigenvalue weighted by atomic mass is 10.1. The standard InChI is InChI=1S/C32H20Cl2N4O8/c33-25-9-5-19(13-23(25)31(41)42)27-11-7-21(45-27)15-35-37-29(39)17-1-2-18(4-3-17)30(40)38-36-16-22-8-12-28(46-22)20-6-10-26(34)24(14-20)32(43)44/h1-16H,(H,37,39)(H,38,40)(H,41,42)(H,43,44). The molecule has 12 nitrogen and oxygen atoms in total. The molecule has 2 amide bonds. The van der Waals surface area contributed by atoms with Crippen molar-refractivity contribution in [3.63, 3.8) is 0 Å². The van der Waals surface area contributed by atoms with Crippen molar-refractivity contribution in [1.82, 2.24) is 10.9 Å². The number of benzene rings is 3. The molecule has 5 rings (SSSR count). The lowest BCUT2D eigenvalue weighted by Crippen LogP contribution is -2.19. The van der Waals surface area contributed by atoms with Crippen molar-refractivity contribution in [2.45, 2.75) is 0 Å². The molecule has 46 heavy (non-hydrogen) atoms. The number of hydrogen-bond donors (Lipinski definition) is 4. The van der Waals surface area contributed by atoms with E-state index in [1.807, 2.05) is 0 Å². The highest BCUT2D eigenvalue weighted by molar-refractivity contribution is 6.34. The third-order valence-electron chi connectivity index (χ3n) is 6.34. The fraction of sp³-hybridized carbons (Fsp3) is 0. The van der Waals surface area contributed by atoms with Crippen LogP contribution in [0.25, 0.3) is 22.6 Å². The van der Waals surface area contributed by atoms with Crippen LogP contribution < -0.4 is 10.9 Å². The van der Waals surface area contributed by atoms with Crippen LogP contribution in [0.4, 0.5) is 0 Å². The fourth-order valence-corrected chi connectivity index (χ4v) is 4.45. The van der Waals surface area contributed by atoms with Gasteiger partial charge in [-0.25, -0.2) is 20.4 Å². The van der Waals surface area contributed by atoms with Gasteiger partial charge in [-0.2, -0.15) is 10.2 Å². The van der Waals surface area contributed by atoms with E-state index in [1.54, 1.807) is 36.4 Å². The number of carboxylic acids is 2. The molecule has 0 fully saturated rings. The average molecular weight is 659 g/mol. The van der Waals surface area contributed by atoms with Gasteiger partial charge in [0.25, 0.3) is 11.8 Å². The molecule has 0 saturated carbocycles. The van der Waals surface area contributed by atoms with E-state index in [1.165, 1.54) is 61.0 Å². The van der Waals surface area contributed by atoms with E-state index in [2.05, 4.69) is 21.1 Å². The first-order chi connectivity index (χ1) is 22.1. The van der Waals surface area contributed by atoms with E-state index in [0.717, 1.165) is 0 Å². The third-order valence-corrected chi connectivity index (χ3v) is 7.00. The molecule has 0 spiro atoms. The molecule has 0 aliphatic heterocycles. The van der Waals surface area contributed by atoms with Gasteiger partial charge in [0.1, 0.15) is 23.0 Å². The number of aromatic carboxylic acids is 2. The number of nitrogens with one attached hydrogen (secondary N) is 2. The summed E-state index contributed by atoms with van der Waals surface area (Å²) in [5, 5.41) is 26.5. The summed E-state index contributed by atoms with van der Waals surface area (Å²) in [6, 6.07) is 21.1. The quantitative estimate of drug-likeness (QED) is 0.0975. The summed E-state index contributed by atoms with van der Waals surface area (Å²) in [5.41, 5.74) is 6.06. The molecule has 0 aliphatic rings. The van der Waals surface area contributed by atoms with Gasteiger partial charge in [-0.1, -0.05) is 23.2 Å². The van der Waals surface area contributed by atoms with Crippen LogP contribution in [0.5, 0.6) is 0 Å². The Morgan fingerprint density at radius 3 is 1.35 bits per heavy atom. The molecular formula is C32H20Cl2N4O8. The highest BCUT2D eigenvalue weighted by Gasteiger charge is 2.14. The minimum Gasteiger partial charge on any atom is -0.478 e. The maximum absolute atomic E-state index is 12.5. The molecule has 14 heteroatoms. The minimum absolute atomic E-state index is 0.0624. The largest absolute Gasteiger partial charge is 0.478 e. The molecule has 4 N–H and O–H groups in total. The van der Waals surface area contributed by atoms with E-state index < -0.39 is 23.8 Å². The van der Waals surface area contributed by atoms with Crippen molar-refractivity contribution in [2.24, 2.45) is 10.2 Å². The number of carboxylic acid groups (broad SMARTS) is 2. The van der Waals surface area contributed by atoms with E-state index in [9.17, 15) is 29.4 Å². The number of amides is 2. The monoisotopic (exact) mass is 658 g/mol. The number of halogens is 2. The Hall–Kier alpha value is -5.98. The molecule has 0 bridgehead atoms. The zero-order valence-electron chi connectivity index (χ0n) is 23.2. The van der Waals surface area contributed by atoms with Crippen LogP contribution in [-0.4, -0.2) is 46.4 Å². The number of hydrazone groups is 2. The molecule has 0 atom stereocenters. The van der Waals surface area contributed by atoms with Gasteiger partial charge in [-0.3, -0.25) is 9.59 Å². The van der Waals surface area contributed by atoms with Crippen molar-refractivity contribution >= 4 is 59.4 Å². The van der Waals surface area contributed by atoms with E-state index >= 15 is 0 Å². The van der Waals surface area contributed by atoms with Crippen molar-refractivity contribution in [3.8, 4) is 22.6 Å². The molecule has 5 aromatic rings. The summed E-state index contributed by atoms with van der Waals surface area (Å²) in [5.74, 6) is -2.04. The van der Waals surface area contributed by atoms with Gasteiger partial charge in [0.05, 0.1) is 33.6 Å². The van der Waals surface area contributed by atoms with Gasteiger partial charge in [0, 0.05) is 22.3 Å². The van der Waals surface area contributed by atoms with Gasteiger partial charge >= 0.3 is 11.9 Å². The van der Waals surface area contributed by atoms with Crippen LogP contribution in [0.1, 0.15) is 53.0 Å². The Kier molecular flexibility index (Phi) is 9.41. The maximum atomic E-state index is 12.5. The van der Waals surface area contributed by atoms with Gasteiger partial charge < -0.3 is 19.0 Å². The second-order valence-electron chi connectivity index (χ2n) is 9.38. The van der Waals surface area contributed by atoms with Crippen LogP contribution in [0.3, 0.4) is 0 Å². The van der Waals surface area contributed by atoms with Gasteiger partial charge in [-0.15, -0.1) is 0 Å². The zero-order chi connectivity index (χ0) is 32.8. The predicted octanol–water partition coefficient (Wildman–Crippen LogP) is 6.44. The number of nitrogens with zero attached hydrogens (tertiary/aromatic N) is 2. The molecule has 0 unspecified atom stereocenters. The SMILES string of the molecule is O=C(NN=Cc1ccc(-c2ccc(Cl)c(C(=O)O)c2)o1)c1ccc(C(=O)NN=Cc2ccc(-c3ccc(Cl)c(C(=O)O)c3)o2)cc1. The first-order valence-electron chi connectivity index (χ1n) is 13.1. The van der Waals surface area contributed by atoms with Gasteiger partial charge in [0.15, 0.2) is 0 Å². The van der Waals surface area contributed by atoms with Crippen LogP contribution >= 0.6 is 23.2 Å². The zero-order valence-corrected chi connectivity index (χ0v) is 24.7. The number of hydrogen-bond acceptors (Lipinski definition) is 8. The van der Waals surface area contributed by atoms with E-state index in [0.29, 0.717) is 34.2 Å². The molecule has 3 aromatic carbocycles. The smallest absolute Gasteiger partial charge is 0.337 e. The van der Waals surface area contributed by atoms with E-state index in [4.69, 9.17) is 32.0 Å². The summed E-state index contributed by atoms with van der Waals surface area (Å²) in [7, 11) is 0. The third kappa shape index (κ3) is 7.38. The summed E-state index contributed by atoms with van der Waals surface area (Å²) >= 11 is 11.8. The first kappa shape index (κ1) is 31.4. The molecular weight excluding hydrogens is 639 g/mol.